The maximum Gasteiger partial charge on any atom is 0.264 e. The number of rotatable bonds is 9. The van der Waals surface area contributed by atoms with Gasteiger partial charge in [-0.15, -0.1) is 11.3 Å². The Labute approximate surface area is 204 Å². The molecular formula is C24H29N3O5S2. The van der Waals surface area contributed by atoms with E-state index in [1.54, 1.807) is 37.3 Å². The highest BCUT2D eigenvalue weighted by atomic mass is 32.2. The van der Waals surface area contributed by atoms with Crippen LogP contribution in [0.3, 0.4) is 0 Å². The molecule has 4 rings (SSSR count). The van der Waals surface area contributed by atoms with Crippen molar-refractivity contribution in [2.24, 2.45) is 0 Å². The lowest BCUT2D eigenvalue weighted by atomic mass is 10.2. The van der Waals surface area contributed by atoms with Crippen LogP contribution in [0, 0.1) is 0 Å². The molecule has 0 atom stereocenters. The molecule has 2 aromatic carbocycles. The lowest BCUT2D eigenvalue weighted by molar-refractivity contribution is 0.0383. The molecule has 1 amide bonds. The second-order valence-corrected chi connectivity index (χ2v) is 10.8. The van der Waals surface area contributed by atoms with E-state index in [4.69, 9.17) is 9.47 Å². The summed E-state index contributed by atoms with van der Waals surface area (Å²) in [7, 11) is -2.20. The van der Waals surface area contributed by atoms with Crippen molar-refractivity contribution in [3.05, 3.63) is 53.4 Å². The minimum Gasteiger partial charge on any atom is -0.497 e. The van der Waals surface area contributed by atoms with E-state index in [-0.39, 0.29) is 17.3 Å². The molecule has 0 radical (unpaired) electrons. The van der Waals surface area contributed by atoms with Crippen LogP contribution in [0.5, 0.6) is 5.75 Å². The lowest BCUT2D eigenvalue weighted by Crippen LogP contribution is -2.41. The molecule has 10 heteroatoms. The van der Waals surface area contributed by atoms with Gasteiger partial charge in [0.15, 0.2) is 0 Å². The molecule has 1 saturated heterocycles. The average Bonchev–Trinajstić information content (AvgIpc) is 3.29. The molecule has 0 saturated carbocycles. The highest BCUT2D eigenvalue weighted by molar-refractivity contribution is 7.92. The molecule has 1 fully saturated rings. The molecule has 0 bridgehead atoms. The Kier molecular flexibility index (Phi) is 7.72. The minimum absolute atomic E-state index is 0.116. The smallest absolute Gasteiger partial charge is 0.264 e. The van der Waals surface area contributed by atoms with Gasteiger partial charge in [0, 0.05) is 37.4 Å². The van der Waals surface area contributed by atoms with Crippen LogP contribution in [0.1, 0.15) is 16.6 Å². The monoisotopic (exact) mass is 503 g/mol. The summed E-state index contributed by atoms with van der Waals surface area (Å²) in [4.78, 5) is 15.7. The molecule has 8 nitrogen and oxygen atoms in total. The fourth-order valence-corrected chi connectivity index (χ4v) is 6.33. The summed E-state index contributed by atoms with van der Waals surface area (Å²) in [5.74, 6) is 0.478. The number of hydrogen-bond acceptors (Lipinski definition) is 7. The van der Waals surface area contributed by atoms with Crippen LogP contribution >= 0.6 is 11.3 Å². The number of amides is 1. The molecule has 0 spiro atoms. The number of ether oxygens (including phenoxy) is 2. The number of benzene rings is 2. The van der Waals surface area contributed by atoms with Crippen molar-refractivity contribution in [1.82, 2.24) is 10.2 Å². The molecule has 0 aliphatic carbocycles. The summed E-state index contributed by atoms with van der Waals surface area (Å²) < 4.78 is 39.3. The molecule has 1 aliphatic heterocycles. The van der Waals surface area contributed by atoms with Gasteiger partial charge in [-0.2, -0.15) is 0 Å². The molecule has 182 valence electrons. The molecule has 2 heterocycles. The zero-order chi connectivity index (χ0) is 24.1. The van der Waals surface area contributed by atoms with E-state index in [2.05, 4.69) is 10.2 Å². The van der Waals surface area contributed by atoms with Crippen LogP contribution in [0.25, 0.3) is 10.1 Å². The molecule has 3 aromatic rings. The van der Waals surface area contributed by atoms with E-state index >= 15 is 0 Å². The maximum atomic E-state index is 13.3. The Balaban J connectivity index is 1.49. The number of hydrogen-bond donors (Lipinski definition) is 1. The number of fused-ring (bicyclic) bond motifs is 1. The van der Waals surface area contributed by atoms with Crippen molar-refractivity contribution in [2.75, 3.05) is 57.4 Å². The summed E-state index contributed by atoms with van der Waals surface area (Å²) in [6, 6.07) is 13.6. The standard InChI is InChI=1S/C24H29N3O5S2/c1-3-27(34(29,30)21-7-5-20(31-2)6-8-21)19-4-9-22-18(16-19)17-23(33-22)24(28)25-10-11-26-12-14-32-15-13-26/h4-9,16-17H,3,10-15H2,1-2H3,(H,25,28). The third kappa shape index (κ3) is 5.35. The highest BCUT2D eigenvalue weighted by Gasteiger charge is 2.24. The summed E-state index contributed by atoms with van der Waals surface area (Å²) >= 11 is 1.40. The van der Waals surface area contributed by atoms with Crippen molar-refractivity contribution in [3.8, 4) is 5.75 Å². The number of carbonyl (C=O) groups excluding carboxylic acids is 1. The highest BCUT2D eigenvalue weighted by Crippen LogP contribution is 2.32. The van der Waals surface area contributed by atoms with E-state index in [1.807, 2.05) is 18.2 Å². The number of nitrogens with one attached hydrogen (secondary N) is 1. The van der Waals surface area contributed by atoms with Gasteiger partial charge in [-0.05, 0) is 60.8 Å². The largest absolute Gasteiger partial charge is 0.497 e. The third-order valence-electron chi connectivity index (χ3n) is 5.76. The van der Waals surface area contributed by atoms with Crippen LogP contribution < -0.4 is 14.4 Å². The fraction of sp³-hybridized carbons (Fsp3) is 0.375. The molecule has 1 N–H and O–H groups in total. The SMILES string of the molecule is CCN(c1ccc2sc(C(=O)NCCN3CCOCC3)cc2c1)S(=O)(=O)c1ccc(OC)cc1. The van der Waals surface area contributed by atoms with E-state index in [0.717, 1.165) is 42.9 Å². The molecular weight excluding hydrogens is 474 g/mol. The number of methoxy groups -OCH3 is 1. The number of sulfonamides is 1. The van der Waals surface area contributed by atoms with Crippen LogP contribution in [0.4, 0.5) is 5.69 Å². The fourth-order valence-electron chi connectivity index (χ4n) is 3.90. The van der Waals surface area contributed by atoms with Crippen molar-refractivity contribution in [3.63, 3.8) is 0 Å². The first-order valence-electron chi connectivity index (χ1n) is 11.2. The van der Waals surface area contributed by atoms with E-state index in [9.17, 15) is 13.2 Å². The number of carbonyl (C=O) groups is 1. The number of anilines is 1. The number of morpholine rings is 1. The lowest BCUT2D eigenvalue weighted by Gasteiger charge is -2.26. The predicted molar refractivity (Wildman–Crippen MR) is 135 cm³/mol. The Morgan fingerprint density at radius 2 is 1.88 bits per heavy atom. The van der Waals surface area contributed by atoms with E-state index < -0.39 is 10.0 Å². The van der Waals surface area contributed by atoms with Crippen molar-refractivity contribution in [1.29, 1.82) is 0 Å². The summed E-state index contributed by atoms with van der Waals surface area (Å²) in [5, 5.41) is 3.82. The Hall–Kier alpha value is -2.66. The zero-order valence-corrected chi connectivity index (χ0v) is 21.0. The van der Waals surface area contributed by atoms with Gasteiger partial charge in [0.05, 0.1) is 35.8 Å². The second-order valence-electron chi connectivity index (χ2n) is 7.89. The van der Waals surface area contributed by atoms with Crippen molar-refractivity contribution in [2.45, 2.75) is 11.8 Å². The van der Waals surface area contributed by atoms with Crippen LogP contribution in [0.15, 0.2) is 53.4 Å². The van der Waals surface area contributed by atoms with Gasteiger partial charge in [-0.1, -0.05) is 0 Å². The quantitative estimate of drug-likeness (QED) is 0.483. The molecule has 0 unspecified atom stereocenters. The second kappa shape index (κ2) is 10.7. The van der Waals surface area contributed by atoms with E-state index in [0.29, 0.717) is 22.9 Å². The van der Waals surface area contributed by atoms with Crippen LogP contribution in [0.2, 0.25) is 0 Å². The van der Waals surface area contributed by atoms with Gasteiger partial charge >= 0.3 is 0 Å². The first kappa shape index (κ1) is 24.5. The average molecular weight is 504 g/mol. The van der Waals surface area contributed by atoms with E-state index in [1.165, 1.54) is 22.8 Å². The van der Waals surface area contributed by atoms with Gasteiger partial charge in [0.25, 0.3) is 15.9 Å². The minimum atomic E-state index is -3.74. The first-order valence-corrected chi connectivity index (χ1v) is 13.5. The van der Waals surface area contributed by atoms with Gasteiger partial charge in [-0.25, -0.2) is 8.42 Å². The summed E-state index contributed by atoms with van der Waals surface area (Å²) in [6.45, 7) is 6.67. The summed E-state index contributed by atoms with van der Waals surface area (Å²) in [6.07, 6.45) is 0. The predicted octanol–water partition coefficient (Wildman–Crippen LogP) is 3.19. The number of thiophene rings is 1. The third-order valence-corrected chi connectivity index (χ3v) is 8.80. The van der Waals surface area contributed by atoms with Crippen LogP contribution in [-0.2, 0) is 14.8 Å². The van der Waals surface area contributed by atoms with Crippen molar-refractivity contribution < 1.29 is 22.7 Å². The van der Waals surface area contributed by atoms with Gasteiger partial charge < -0.3 is 14.8 Å². The van der Waals surface area contributed by atoms with Gasteiger partial charge in [0.1, 0.15) is 5.75 Å². The molecule has 1 aliphatic rings. The Bertz CT molecular complexity index is 1240. The van der Waals surface area contributed by atoms with Gasteiger partial charge in [0.2, 0.25) is 0 Å². The number of nitrogens with zero attached hydrogens (tertiary/aromatic N) is 2. The normalized spacial score (nSPS) is 14.8. The van der Waals surface area contributed by atoms with Crippen LogP contribution in [-0.4, -0.2) is 72.3 Å². The van der Waals surface area contributed by atoms with Gasteiger partial charge in [-0.3, -0.25) is 14.0 Å². The molecule has 34 heavy (non-hydrogen) atoms. The summed E-state index contributed by atoms with van der Waals surface area (Å²) in [5.41, 5.74) is 0.558. The zero-order valence-electron chi connectivity index (χ0n) is 19.3. The topological polar surface area (TPSA) is 88.2 Å². The molecule has 1 aromatic heterocycles. The van der Waals surface area contributed by atoms with Crippen molar-refractivity contribution >= 4 is 43.0 Å². The Morgan fingerprint density at radius 3 is 2.56 bits per heavy atom. The maximum absolute atomic E-state index is 13.3. The first-order chi connectivity index (χ1) is 16.4. The Morgan fingerprint density at radius 1 is 1.15 bits per heavy atom.